The smallest absolute Gasteiger partial charge is 0.211 e. The number of anilines is 1. The van der Waals surface area contributed by atoms with Gasteiger partial charge in [0.25, 0.3) is 0 Å². The topological polar surface area (TPSA) is 101 Å². The van der Waals surface area contributed by atoms with Gasteiger partial charge in [-0.05, 0) is 46.5 Å². The van der Waals surface area contributed by atoms with E-state index in [9.17, 15) is 4.39 Å². The molecule has 3 aromatic rings. The molecule has 0 saturated carbocycles. The molecule has 0 atom stereocenters. The third kappa shape index (κ3) is 5.50. The highest BCUT2D eigenvalue weighted by atomic mass is 19.1. The third-order valence-corrected chi connectivity index (χ3v) is 3.79. The first kappa shape index (κ1) is 18.8. The van der Waals surface area contributed by atoms with Crippen molar-refractivity contribution in [2.75, 3.05) is 5.43 Å². The predicted octanol–water partition coefficient (Wildman–Crippen LogP) is 3.55. The van der Waals surface area contributed by atoms with Crippen LogP contribution in [-0.2, 0) is 0 Å². The van der Waals surface area contributed by atoms with Gasteiger partial charge in [-0.25, -0.2) is 4.39 Å². The fourth-order valence-corrected chi connectivity index (χ4v) is 2.39. The molecule has 0 spiro atoms. The Kier molecular flexibility index (Phi) is 6.10. The zero-order valence-electron chi connectivity index (χ0n) is 15.0. The highest BCUT2D eigenvalue weighted by molar-refractivity contribution is 5.83. The van der Waals surface area contributed by atoms with Gasteiger partial charge in [0.1, 0.15) is 5.82 Å². The Labute approximate surface area is 162 Å². The second kappa shape index (κ2) is 9.09. The summed E-state index contributed by atoms with van der Waals surface area (Å²) >= 11 is 0. The van der Waals surface area contributed by atoms with Crippen molar-refractivity contribution in [3.8, 4) is 11.1 Å². The largest absolute Gasteiger partial charge is 0.369 e. The summed E-state index contributed by atoms with van der Waals surface area (Å²) in [5.74, 6) is -0.358. The second-order valence-corrected chi connectivity index (χ2v) is 5.89. The van der Waals surface area contributed by atoms with E-state index in [2.05, 4.69) is 20.7 Å². The lowest BCUT2D eigenvalue weighted by Crippen LogP contribution is -2.21. The van der Waals surface area contributed by atoms with Gasteiger partial charge in [-0.2, -0.15) is 10.2 Å². The van der Waals surface area contributed by atoms with Gasteiger partial charge >= 0.3 is 0 Å². The zero-order valence-corrected chi connectivity index (χ0v) is 15.0. The van der Waals surface area contributed by atoms with Crippen LogP contribution in [0, 0.1) is 5.82 Å². The van der Waals surface area contributed by atoms with Crippen LogP contribution in [0.3, 0.4) is 0 Å². The Balaban J connectivity index is 1.62. The van der Waals surface area contributed by atoms with Gasteiger partial charge in [0.15, 0.2) is 0 Å². The molecule has 0 aliphatic heterocycles. The van der Waals surface area contributed by atoms with Crippen LogP contribution < -0.4 is 16.9 Å². The molecule has 0 fully saturated rings. The third-order valence-electron chi connectivity index (χ3n) is 3.79. The number of halogens is 1. The van der Waals surface area contributed by atoms with Crippen LogP contribution in [0.1, 0.15) is 11.1 Å². The minimum absolute atomic E-state index is 0.0793. The van der Waals surface area contributed by atoms with Gasteiger partial charge in [-0.15, -0.1) is 5.10 Å². The molecule has 0 bridgehead atoms. The molecule has 140 valence electrons. The van der Waals surface area contributed by atoms with E-state index in [-0.39, 0.29) is 11.8 Å². The summed E-state index contributed by atoms with van der Waals surface area (Å²) in [7, 11) is 0. The SMILES string of the molecule is NC(N)=NN=Cc1ccc(-c2ccc(C=NNc3ccc(F)cc3)cc2)cc1. The molecule has 5 N–H and O–H groups in total. The molecule has 0 aromatic heterocycles. The number of nitrogens with one attached hydrogen (secondary N) is 1. The van der Waals surface area contributed by atoms with Gasteiger partial charge in [-0.3, -0.25) is 5.43 Å². The summed E-state index contributed by atoms with van der Waals surface area (Å²) in [4.78, 5) is 0. The summed E-state index contributed by atoms with van der Waals surface area (Å²) in [5, 5.41) is 11.5. The van der Waals surface area contributed by atoms with Gasteiger partial charge < -0.3 is 11.5 Å². The molecule has 0 saturated heterocycles. The van der Waals surface area contributed by atoms with E-state index < -0.39 is 0 Å². The first-order valence-corrected chi connectivity index (χ1v) is 8.47. The molecular formula is C21H19FN6. The molecule has 0 amide bonds. The maximum absolute atomic E-state index is 12.9. The van der Waals surface area contributed by atoms with E-state index in [1.165, 1.54) is 12.1 Å². The van der Waals surface area contributed by atoms with Crippen molar-refractivity contribution in [3.05, 3.63) is 89.7 Å². The normalized spacial score (nSPS) is 11.0. The number of benzene rings is 3. The van der Waals surface area contributed by atoms with Crippen molar-refractivity contribution in [1.82, 2.24) is 0 Å². The Morgan fingerprint density at radius 3 is 1.82 bits per heavy atom. The van der Waals surface area contributed by atoms with Crippen LogP contribution in [0.25, 0.3) is 11.1 Å². The van der Waals surface area contributed by atoms with Crippen LogP contribution in [0.2, 0.25) is 0 Å². The molecule has 0 heterocycles. The highest BCUT2D eigenvalue weighted by Crippen LogP contribution is 2.20. The molecule has 3 aromatic carbocycles. The number of guanidine groups is 1. The number of hydrazone groups is 1. The van der Waals surface area contributed by atoms with Gasteiger partial charge in [0, 0.05) is 0 Å². The Hall–Kier alpha value is -4.00. The molecule has 0 aliphatic rings. The number of nitrogens with two attached hydrogens (primary N) is 2. The Bertz CT molecular complexity index is 987. The summed E-state index contributed by atoms with van der Waals surface area (Å²) in [5.41, 5.74) is 18.0. The molecule has 28 heavy (non-hydrogen) atoms. The fourth-order valence-electron chi connectivity index (χ4n) is 2.39. The molecular weight excluding hydrogens is 355 g/mol. The van der Waals surface area contributed by atoms with Crippen LogP contribution in [0.15, 0.2) is 88.1 Å². The van der Waals surface area contributed by atoms with Crippen LogP contribution in [0.5, 0.6) is 0 Å². The fraction of sp³-hybridized carbons (Fsp3) is 0. The van der Waals surface area contributed by atoms with Crippen molar-refractivity contribution >= 4 is 24.1 Å². The van der Waals surface area contributed by atoms with E-state index in [0.29, 0.717) is 0 Å². The van der Waals surface area contributed by atoms with Gasteiger partial charge in [-0.1, -0.05) is 48.5 Å². The lowest BCUT2D eigenvalue weighted by atomic mass is 10.0. The maximum atomic E-state index is 12.9. The van der Waals surface area contributed by atoms with Crippen molar-refractivity contribution in [2.45, 2.75) is 0 Å². The van der Waals surface area contributed by atoms with Crippen LogP contribution >= 0.6 is 0 Å². The van der Waals surface area contributed by atoms with E-state index in [4.69, 9.17) is 11.5 Å². The Morgan fingerprint density at radius 2 is 1.29 bits per heavy atom. The molecule has 6 nitrogen and oxygen atoms in total. The molecule has 7 heteroatoms. The summed E-state index contributed by atoms with van der Waals surface area (Å²) in [6, 6.07) is 21.8. The summed E-state index contributed by atoms with van der Waals surface area (Å²) in [6.45, 7) is 0. The Morgan fingerprint density at radius 1 is 0.750 bits per heavy atom. The van der Waals surface area contributed by atoms with Crippen molar-refractivity contribution in [3.63, 3.8) is 0 Å². The van der Waals surface area contributed by atoms with Crippen molar-refractivity contribution in [1.29, 1.82) is 0 Å². The number of rotatable bonds is 6. The number of nitrogens with zero attached hydrogens (tertiary/aromatic N) is 3. The predicted molar refractivity (Wildman–Crippen MR) is 113 cm³/mol. The number of hydrogen-bond acceptors (Lipinski definition) is 4. The standard InChI is InChI=1S/C21H19FN6/c22-19-9-11-20(12-10-19)27-25-13-15-1-5-17(6-2-15)18-7-3-16(4-8-18)14-26-28-21(23)24/h1-14,27H,(H4,23,24,28). The first-order chi connectivity index (χ1) is 13.6. The molecule has 0 radical (unpaired) electrons. The molecule has 0 aliphatic carbocycles. The maximum Gasteiger partial charge on any atom is 0.211 e. The van der Waals surface area contributed by atoms with E-state index >= 15 is 0 Å². The van der Waals surface area contributed by atoms with E-state index in [1.807, 2.05) is 48.5 Å². The highest BCUT2D eigenvalue weighted by Gasteiger charge is 1.98. The van der Waals surface area contributed by atoms with E-state index in [1.54, 1.807) is 24.6 Å². The summed E-state index contributed by atoms with van der Waals surface area (Å²) < 4.78 is 12.9. The first-order valence-electron chi connectivity index (χ1n) is 8.47. The minimum Gasteiger partial charge on any atom is -0.369 e. The van der Waals surface area contributed by atoms with Crippen molar-refractivity contribution in [2.24, 2.45) is 26.8 Å². The van der Waals surface area contributed by atoms with Crippen LogP contribution in [-0.4, -0.2) is 18.4 Å². The second-order valence-electron chi connectivity index (χ2n) is 5.89. The van der Waals surface area contributed by atoms with Gasteiger partial charge in [0.05, 0.1) is 18.1 Å². The lowest BCUT2D eigenvalue weighted by Gasteiger charge is -2.03. The number of hydrogen-bond donors (Lipinski definition) is 3. The monoisotopic (exact) mass is 374 g/mol. The average Bonchev–Trinajstić information content (AvgIpc) is 2.70. The van der Waals surface area contributed by atoms with Crippen LogP contribution in [0.4, 0.5) is 10.1 Å². The molecule has 3 rings (SSSR count). The van der Waals surface area contributed by atoms with Crippen molar-refractivity contribution < 1.29 is 4.39 Å². The summed E-state index contributed by atoms with van der Waals surface area (Å²) in [6.07, 6.45) is 3.29. The van der Waals surface area contributed by atoms with E-state index in [0.717, 1.165) is 27.9 Å². The quantitative estimate of drug-likeness (QED) is 0.349. The zero-order chi connectivity index (χ0) is 19.8. The minimum atomic E-state index is -0.279. The molecule has 0 unspecified atom stereocenters. The average molecular weight is 374 g/mol. The lowest BCUT2D eigenvalue weighted by molar-refractivity contribution is 0.628. The van der Waals surface area contributed by atoms with Gasteiger partial charge in [0.2, 0.25) is 5.96 Å².